The Morgan fingerprint density at radius 1 is 1.17 bits per heavy atom. The summed E-state index contributed by atoms with van der Waals surface area (Å²) in [5.41, 5.74) is 0.253. The molecule has 0 saturated carbocycles. The largest absolute Gasteiger partial charge is 0.494 e. The summed E-state index contributed by atoms with van der Waals surface area (Å²) in [6.07, 6.45) is 3.72. The molecule has 0 aliphatic carbocycles. The molecule has 0 radical (unpaired) electrons. The average Bonchev–Trinajstić information content (AvgIpc) is 2.61. The van der Waals surface area contributed by atoms with Crippen molar-refractivity contribution in [3.8, 4) is 5.75 Å². The van der Waals surface area contributed by atoms with Crippen LogP contribution in [0.5, 0.6) is 5.75 Å². The molecule has 23 heavy (non-hydrogen) atoms. The van der Waals surface area contributed by atoms with Crippen molar-refractivity contribution in [1.29, 1.82) is 0 Å². The molecule has 2 rings (SSSR count). The smallest absolute Gasteiger partial charge is 0.119 e. The van der Waals surface area contributed by atoms with E-state index in [2.05, 4.69) is 13.8 Å². The van der Waals surface area contributed by atoms with Gasteiger partial charge in [0.25, 0.3) is 0 Å². The maximum absolute atomic E-state index is 11.0. The van der Waals surface area contributed by atoms with Gasteiger partial charge in [-0.3, -0.25) is 0 Å². The quantitative estimate of drug-likeness (QED) is 0.681. The van der Waals surface area contributed by atoms with Crippen LogP contribution in [0, 0.1) is 0 Å². The molecule has 1 aromatic rings. The van der Waals surface area contributed by atoms with Gasteiger partial charge in [0, 0.05) is 6.42 Å². The van der Waals surface area contributed by atoms with Gasteiger partial charge in [0.15, 0.2) is 0 Å². The summed E-state index contributed by atoms with van der Waals surface area (Å²) >= 11 is 0. The van der Waals surface area contributed by atoms with Crippen molar-refractivity contribution in [3.05, 3.63) is 29.8 Å². The van der Waals surface area contributed by atoms with Crippen molar-refractivity contribution in [1.82, 2.24) is 0 Å². The van der Waals surface area contributed by atoms with Gasteiger partial charge in [-0.1, -0.05) is 32.4 Å². The third-order valence-corrected chi connectivity index (χ3v) is 4.84. The molecular weight excluding hydrogens is 290 g/mol. The number of morpholine rings is 1. The predicted octanol–water partition coefficient (Wildman–Crippen LogP) is 1.77. The zero-order chi connectivity index (χ0) is 16.5. The third kappa shape index (κ3) is 5.48. The van der Waals surface area contributed by atoms with Crippen LogP contribution in [0.4, 0.5) is 0 Å². The molecule has 2 N–H and O–H groups in total. The Morgan fingerprint density at radius 2 is 1.87 bits per heavy atom. The van der Waals surface area contributed by atoms with Gasteiger partial charge >= 0.3 is 0 Å². The summed E-state index contributed by atoms with van der Waals surface area (Å²) in [5, 5.41) is 11.0. The lowest BCUT2D eigenvalue weighted by molar-refractivity contribution is -0.909. The molecule has 130 valence electrons. The zero-order valence-electron chi connectivity index (χ0n) is 14.6. The highest BCUT2D eigenvalue weighted by Crippen LogP contribution is 2.29. The Kier molecular flexibility index (Phi) is 7.34. The van der Waals surface area contributed by atoms with E-state index in [0.29, 0.717) is 0 Å². The number of benzene rings is 1. The van der Waals surface area contributed by atoms with Gasteiger partial charge in [0.1, 0.15) is 18.8 Å². The fraction of sp³-hybridized carbons (Fsp3) is 0.684. The standard InChI is InChI=1S/C19H31NO3/c1-3-5-14-23-18-8-6-17(7-9-18)19(21,4-2)10-11-20-12-15-22-16-13-20/h6-9,21H,3-5,10-16H2,1-2H3/p+1/t19-/m1/s1. The van der Waals surface area contributed by atoms with Crippen molar-refractivity contribution < 1.29 is 19.5 Å². The third-order valence-electron chi connectivity index (χ3n) is 4.84. The highest BCUT2D eigenvalue weighted by Gasteiger charge is 2.29. The Balaban J connectivity index is 1.91. The lowest BCUT2D eigenvalue weighted by atomic mass is 9.87. The minimum Gasteiger partial charge on any atom is -0.494 e. The highest BCUT2D eigenvalue weighted by molar-refractivity contribution is 5.30. The number of hydrogen-bond donors (Lipinski definition) is 2. The van der Waals surface area contributed by atoms with Gasteiger partial charge < -0.3 is 19.5 Å². The fourth-order valence-electron chi connectivity index (χ4n) is 3.01. The van der Waals surface area contributed by atoms with Crippen LogP contribution in [0.15, 0.2) is 24.3 Å². The van der Waals surface area contributed by atoms with Crippen molar-refractivity contribution >= 4 is 0 Å². The topological polar surface area (TPSA) is 43.1 Å². The lowest BCUT2D eigenvalue weighted by Gasteiger charge is -2.31. The lowest BCUT2D eigenvalue weighted by Crippen LogP contribution is -3.14. The van der Waals surface area contributed by atoms with Crippen LogP contribution < -0.4 is 9.64 Å². The number of quaternary nitrogens is 1. The van der Waals surface area contributed by atoms with Crippen molar-refractivity contribution in [3.63, 3.8) is 0 Å². The number of ether oxygens (including phenoxy) is 2. The van der Waals surface area contributed by atoms with Crippen LogP contribution in [-0.2, 0) is 10.3 Å². The van der Waals surface area contributed by atoms with Crippen LogP contribution in [0.2, 0.25) is 0 Å². The molecule has 1 heterocycles. The molecule has 1 aromatic carbocycles. The maximum atomic E-state index is 11.0. The summed E-state index contributed by atoms with van der Waals surface area (Å²) in [7, 11) is 0. The van der Waals surface area contributed by atoms with E-state index in [1.807, 2.05) is 24.3 Å². The number of unbranched alkanes of at least 4 members (excludes halogenated alkanes) is 1. The zero-order valence-corrected chi connectivity index (χ0v) is 14.6. The summed E-state index contributed by atoms with van der Waals surface area (Å²) in [5.74, 6) is 0.888. The molecule has 0 unspecified atom stereocenters. The second-order valence-electron chi connectivity index (χ2n) is 6.47. The molecule has 1 atom stereocenters. The van der Waals surface area contributed by atoms with Gasteiger partial charge in [-0.05, 0) is 30.5 Å². The van der Waals surface area contributed by atoms with Gasteiger partial charge in [-0.25, -0.2) is 0 Å². The molecule has 1 aliphatic rings. The Morgan fingerprint density at radius 3 is 2.48 bits per heavy atom. The molecule has 4 heteroatoms. The molecule has 1 aliphatic heterocycles. The Bertz CT molecular complexity index is 442. The summed E-state index contributed by atoms with van der Waals surface area (Å²) in [6.45, 7) is 9.72. The number of rotatable bonds is 9. The van der Waals surface area contributed by atoms with E-state index < -0.39 is 5.60 Å². The molecule has 0 bridgehead atoms. The monoisotopic (exact) mass is 322 g/mol. The average molecular weight is 322 g/mol. The predicted molar refractivity (Wildman–Crippen MR) is 92.0 cm³/mol. The second-order valence-corrected chi connectivity index (χ2v) is 6.47. The fourth-order valence-corrected chi connectivity index (χ4v) is 3.01. The molecule has 1 fully saturated rings. The normalized spacial score (nSPS) is 18.6. The van der Waals surface area contributed by atoms with Gasteiger partial charge in [0.05, 0.1) is 32.0 Å². The molecule has 0 aromatic heterocycles. The molecule has 4 nitrogen and oxygen atoms in total. The second kappa shape index (κ2) is 9.26. The van der Waals surface area contributed by atoms with E-state index in [1.165, 1.54) is 4.90 Å². The molecule has 1 saturated heterocycles. The summed E-state index contributed by atoms with van der Waals surface area (Å²) < 4.78 is 11.1. The van der Waals surface area contributed by atoms with Crippen molar-refractivity contribution in [2.45, 2.75) is 45.1 Å². The van der Waals surface area contributed by atoms with E-state index in [0.717, 1.165) is 76.5 Å². The van der Waals surface area contributed by atoms with Crippen LogP contribution >= 0.6 is 0 Å². The first-order valence-electron chi connectivity index (χ1n) is 9.05. The van der Waals surface area contributed by atoms with Gasteiger partial charge in [0.2, 0.25) is 0 Å². The van der Waals surface area contributed by atoms with Crippen molar-refractivity contribution in [2.24, 2.45) is 0 Å². The first kappa shape index (κ1) is 18.2. The first-order valence-corrected chi connectivity index (χ1v) is 9.05. The maximum Gasteiger partial charge on any atom is 0.119 e. The SMILES string of the molecule is CCCCOc1ccc([C@@](O)(CC)CC[NH+]2CCOCC2)cc1. The summed E-state index contributed by atoms with van der Waals surface area (Å²) in [6, 6.07) is 7.99. The van der Waals surface area contributed by atoms with Gasteiger partial charge in [-0.15, -0.1) is 0 Å². The van der Waals surface area contributed by atoms with E-state index in [1.54, 1.807) is 0 Å². The molecule has 0 amide bonds. The van der Waals surface area contributed by atoms with Crippen LogP contribution in [0.3, 0.4) is 0 Å². The van der Waals surface area contributed by atoms with Crippen molar-refractivity contribution in [2.75, 3.05) is 39.5 Å². The molecular formula is C19H32NO3+. The Labute approximate surface area is 140 Å². The summed E-state index contributed by atoms with van der Waals surface area (Å²) in [4.78, 5) is 1.53. The van der Waals surface area contributed by atoms with E-state index in [4.69, 9.17) is 9.47 Å². The van der Waals surface area contributed by atoms with E-state index in [9.17, 15) is 5.11 Å². The Hall–Kier alpha value is -1.10. The minimum atomic E-state index is -0.743. The van der Waals surface area contributed by atoms with Crippen LogP contribution in [0.1, 0.15) is 45.1 Å². The van der Waals surface area contributed by atoms with Crippen LogP contribution in [-0.4, -0.2) is 44.6 Å². The number of aliphatic hydroxyl groups is 1. The minimum absolute atomic E-state index is 0.729. The van der Waals surface area contributed by atoms with Crippen LogP contribution in [0.25, 0.3) is 0 Å². The number of nitrogens with one attached hydrogen (secondary N) is 1. The number of hydrogen-bond acceptors (Lipinski definition) is 3. The van der Waals surface area contributed by atoms with Gasteiger partial charge in [-0.2, -0.15) is 0 Å². The first-order chi connectivity index (χ1) is 11.2. The van der Waals surface area contributed by atoms with E-state index in [-0.39, 0.29) is 0 Å². The highest BCUT2D eigenvalue weighted by atomic mass is 16.5. The van der Waals surface area contributed by atoms with E-state index >= 15 is 0 Å². The molecule has 0 spiro atoms.